The van der Waals surface area contributed by atoms with Gasteiger partial charge in [-0.2, -0.15) is 13.2 Å². The third-order valence-electron chi connectivity index (χ3n) is 7.06. The van der Waals surface area contributed by atoms with Crippen molar-refractivity contribution < 1.29 is 23.1 Å². The fraction of sp³-hybridized carbons (Fsp3) is 0.696. The van der Waals surface area contributed by atoms with E-state index in [2.05, 4.69) is 0 Å². The minimum atomic E-state index is -4.12. The molecule has 1 aromatic rings. The number of rotatable bonds is 4. The molecule has 1 N–H and O–H groups in total. The van der Waals surface area contributed by atoms with E-state index in [9.17, 15) is 23.1 Å². The molecule has 0 radical (unpaired) electrons. The number of benzene rings is 1. The first kappa shape index (κ1) is 21.6. The third-order valence-corrected chi connectivity index (χ3v) is 7.06. The molecule has 4 rings (SSSR count). The third kappa shape index (κ3) is 4.67. The lowest BCUT2D eigenvalue weighted by Crippen LogP contribution is -2.40. The lowest BCUT2D eigenvalue weighted by Gasteiger charge is -2.34. The van der Waals surface area contributed by atoms with Crippen molar-refractivity contribution in [2.75, 3.05) is 31.1 Å². The number of fused-ring (bicyclic) bond motifs is 1. The first-order valence-corrected chi connectivity index (χ1v) is 11.2. The zero-order valence-corrected chi connectivity index (χ0v) is 17.3. The summed E-state index contributed by atoms with van der Waals surface area (Å²) in [4.78, 5) is 16.8. The van der Waals surface area contributed by atoms with Gasteiger partial charge in [-0.25, -0.2) is 0 Å². The van der Waals surface area contributed by atoms with Crippen LogP contribution in [0.3, 0.4) is 0 Å². The van der Waals surface area contributed by atoms with E-state index in [4.69, 9.17) is 0 Å². The minimum absolute atomic E-state index is 0.0959. The Morgan fingerprint density at radius 1 is 1.07 bits per heavy atom. The van der Waals surface area contributed by atoms with Gasteiger partial charge in [0.15, 0.2) is 0 Å². The number of carbonyl (C=O) groups excluding carboxylic acids is 1. The van der Waals surface area contributed by atoms with Crippen molar-refractivity contribution in [2.45, 2.75) is 63.6 Å². The van der Waals surface area contributed by atoms with E-state index in [1.54, 1.807) is 0 Å². The van der Waals surface area contributed by atoms with Crippen molar-refractivity contribution in [3.63, 3.8) is 0 Å². The van der Waals surface area contributed by atoms with Gasteiger partial charge in [-0.15, -0.1) is 0 Å². The summed E-state index contributed by atoms with van der Waals surface area (Å²) in [5.74, 6) is -0.854. The Hall–Kier alpha value is -1.60. The molecule has 1 atom stereocenters. The molecule has 1 unspecified atom stereocenters. The zero-order valence-electron chi connectivity index (χ0n) is 17.3. The van der Waals surface area contributed by atoms with E-state index in [0.29, 0.717) is 19.6 Å². The number of aryl methyl sites for hydroxylation is 1. The van der Waals surface area contributed by atoms with E-state index in [0.717, 1.165) is 61.9 Å². The summed E-state index contributed by atoms with van der Waals surface area (Å²) in [6.07, 6.45) is 1.34. The Labute approximate surface area is 176 Å². The molecule has 7 heteroatoms. The first-order valence-electron chi connectivity index (χ1n) is 11.2. The van der Waals surface area contributed by atoms with Gasteiger partial charge in [0, 0.05) is 24.7 Å². The summed E-state index contributed by atoms with van der Waals surface area (Å²) >= 11 is 0. The number of halogens is 3. The van der Waals surface area contributed by atoms with Crippen LogP contribution in [0.15, 0.2) is 18.2 Å². The monoisotopic (exact) mass is 424 g/mol. The van der Waals surface area contributed by atoms with E-state index < -0.39 is 18.2 Å². The molecule has 2 heterocycles. The highest BCUT2D eigenvalue weighted by Gasteiger charge is 2.41. The standard InChI is InChI=1S/C23H31F3N2O2/c24-23(25,26)19-9-12-27(13-10-19)15-21(29)18-7-8-20-17(14-18)6-3-11-28(20)22(30)16-4-1-2-5-16/h7-8,14,16,19,21,29H,1-6,9-13,15H2. The molecule has 0 spiro atoms. The van der Waals surface area contributed by atoms with Gasteiger partial charge in [0.1, 0.15) is 0 Å². The van der Waals surface area contributed by atoms with E-state index in [1.165, 1.54) is 0 Å². The average molecular weight is 425 g/mol. The van der Waals surface area contributed by atoms with Crippen LogP contribution in [0.4, 0.5) is 18.9 Å². The van der Waals surface area contributed by atoms with Gasteiger partial charge in [0.05, 0.1) is 12.0 Å². The van der Waals surface area contributed by atoms with Crippen molar-refractivity contribution in [2.24, 2.45) is 11.8 Å². The van der Waals surface area contributed by atoms with Crippen LogP contribution >= 0.6 is 0 Å². The fourth-order valence-corrected chi connectivity index (χ4v) is 5.24. The molecule has 1 saturated carbocycles. The van der Waals surface area contributed by atoms with Crippen LogP contribution in [0.2, 0.25) is 0 Å². The van der Waals surface area contributed by atoms with Crippen LogP contribution in [0.1, 0.15) is 62.2 Å². The van der Waals surface area contributed by atoms with E-state index in [1.807, 2.05) is 28.0 Å². The highest BCUT2D eigenvalue weighted by atomic mass is 19.4. The topological polar surface area (TPSA) is 43.8 Å². The van der Waals surface area contributed by atoms with Gasteiger partial charge in [-0.3, -0.25) is 4.79 Å². The number of β-amino-alcohol motifs (C(OH)–C–C–N with tert-alkyl or cyclic N) is 1. The molecular formula is C23H31F3N2O2. The molecule has 1 aliphatic carbocycles. The quantitative estimate of drug-likeness (QED) is 0.776. The zero-order chi connectivity index (χ0) is 21.3. The highest BCUT2D eigenvalue weighted by Crippen LogP contribution is 2.36. The number of amides is 1. The number of hydrogen-bond donors (Lipinski definition) is 1. The van der Waals surface area contributed by atoms with Gasteiger partial charge < -0.3 is 14.9 Å². The lowest BCUT2D eigenvalue weighted by molar-refractivity contribution is -0.185. The average Bonchev–Trinajstić information content (AvgIpc) is 3.27. The molecule has 2 aliphatic heterocycles. The van der Waals surface area contributed by atoms with Crippen molar-refractivity contribution in [3.05, 3.63) is 29.3 Å². The number of hydrogen-bond acceptors (Lipinski definition) is 3. The maximum absolute atomic E-state index is 12.9. The van der Waals surface area contributed by atoms with Gasteiger partial charge in [-0.1, -0.05) is 25.0 Å². The Balaban J connectivity index is 1.39. The number of piperidine rings is 1. The van der Waals surface area contributed by atoms with Crippen molar-refractivity contribution >= 4 is 11.6 Å². The molecule has 3 aliphatic rings. The van der Waals surface area contributed by atoms with Crippen LogP contribution in [0.25, 0.3) is 0 Å². The summed E-state index contributed by atoms with van der Waals surface area (Å²) in [5, 5.41) is 10.7. The molecule has 1 aromatic carbocycles. The highest BCUT2D eigenvalue weighted by molar-refractivity contribution is 5.96. The van der Waals surface area contributed by atoms with Gasteiger partial charge in [0.25, 0.3) is 0 Å². The molecule has 0 aromatic heterocycles. The molecule has 1 saturated heterocycles. The van der Waals surface area contributed by atoms with Crippen LogP contribution < -0.4 is 4.90 Å². The van der Waals surface area contributed by atoms with Crippen molar-refractivity contribution in [1.29, 1.82) is 0 Å². The molecule has 4 nitrogen and oxygen atoms in total. The van der Waals surface area contributed by atoms with Gasteiger partial charge in [-0.05, 0) is 68.8 Å². The number of aliphatic hydroxyl groups excluding tert-OH is 1. The van der Waals surface area contributed by atoms with Crippen LogP contribution in [0.5, 0.6) is 0 Å². The number of carbonyl (C=O) groups is 1. The summed E-state index contributed by atoms with van der Waals surface area (Å²) in [7, 11) is 0. The smallest absolute Gasteiger partial charge is 0.387 e. The molecule has 2 fully saturated rings. The Morgan fingerprint density at radius 3 is 2.43 bits per heavy atom. The second-order valence-corrected chi connectivity index (χ2v) is 9.10. The lowest BCUT2D eigenvalue weighted by atomic mass is 9.94. The molecular weight excluding hydrogens is 393 g/mol. The summed E-state index contributed by atoms with van der Waals surface area (Å²) in [6, 6.07) is 5.79. The molecule has 30 heavy (non-hydrogen) atoms. The minimum Gasteiger partial charge on any atom is -0.387 e. The number of aliphatic hydroxyl groups is 1. The first-order chi connectivity index (χ1) is 14.3. The summed E-state index contributed by atoms with van der Waals surface area (Å²) in [6.45, 7) is 1.80. The Bertz CT molecular complexity index is 753. The Morgan fingerprint density at radius 2 is 1.77 bits per heavy atom. The number of nitrogens with zero attached hydrogens (tertiary/aromatic N) is 2. The summed E-state index contributed by atoms with van der Waals surface area (Å²) in [5.41, 5.74) is 2.82. The molecule has 166 valence electrons. The largest absolute Gasteiger partial charge is 0.391 e. The summed E-state index contributed by atoms with van der Waals surface area (Å²) < 4.78 is 38.5. The molecule has 1 amide bonds. The predicted octanol–water partition coefficient (Wildman–Crippen LogP) is 4.46. The maximum Gasteiger partial charge on any atom is 0.391 e. The number of anilines is 1. The second-order valence-electron chi connectivity index (χ2n) is 9.10. The second kappa shape index (κ2) is 8.87. The van der Waals surface area contributed by atoms with Gasteiger partial charge >= 0.3 is 6.18 Å². The van der Waals surface area contributed by atoms with E-state index in [-0.39, 0.29) is 24.7 Å². The van der Waals surface area contributed by atoms with Crippen LogP contribution in [-0.2, 0) is 11.2 Å². The van der Waals surface area contributed by atoms with Crippen LogP contribution in [0, 0.1) is 11.8 Å². The number of likely N-dealkylation sites (tertiary alicyclic amines) is 1. The Kier molecular flexibility index (Phi) is 6.39. The van der Waals surface area contributed by atoms with Crippen molar-refractivity contribution in [3.8, 4) is 0 Å². The predicted molar refractivity (Wildman–Crippen MR) is 109 cm³/mol. The van der Waals surface area contributed by atoms with Gasteiger partial charge in [0.2, 0.25) is 5.91 Å². The normalized spacial score (nSPS) is 22.9. The SMILES string of the molecule is O=C(C1CCCC1)N1CCCc2cc(C(O)CN3CCC(C(F)(F)F)CC3)ccc21. The maximum atomic E-state index is 12.9. The fourth-order valence-electron chi connectivity index (χ4n) is 5.24. The van der Waals surface area contributed by atoms with Crippen LogP contribution in [-0.4, -0.2) is 48.3 Å². The van der Waals surface area contributed by atoms with Crippen molar-refractivity contribution in [1.82, 2.24) is 4.90 Å². The number of alkyl halides is 3. The van der Waals surface area contributed by atoms with E-state index >= 15 is 0 Å². The molecule has 0 bridgehead atoms.